The van der Waals surface area contributed by atoms with Gasteiger partial charge in [-0.15, -0.1) is 0 Å². The minimum absolute atomic E-state index is 0.0222. The summed E-state index contributed by atoms with van der Waals surface area (Å²) in [6.45, 7) is 1.40. The molecule has 0 saturated carbocycles. The van der Waals surface area contributed by atoms with E-state index in [2.05, 4.69) is 5.32 Å². The second-order valence-electron chi connectivity index (χ2n) is 4.08. The van der Waals surface area contributed by atoms with Crippen molar-refractivity contribution in [3.8, 4) is 5.75 Å². The van der Waals surface area contributed by atoms with Gasteiger partial charge >= 0.3 is 6.18 Å². The van der Waals surface area contributed by atoms with Gasteiger partial charge in [-0.1, -0.05) is 11.6 Å². The average molecular weight is 266 g/mol. The van der Waals surface area contributed by atoms with E-state index < -0.39 is 11.7 Å². The van der Waals surface area contributed by atoms with Crippen molar-refractivity contribution >= 4 is 11.6 Å². The van der Waals surface area contributed by atoms with Crippen LogP contribution in [0, 0.1) is 0 Å². The second-order valence-corrected chi connectivity index (χ2v) is 4.49. The Morgan fingerprint density at radius 2 is 2.06 bits per heavy atom. The predicted octanol–water partition coefficient (Wildman–Crippen LogP) is 3.14. The third-order valence-electron chi connectivity index (χ3n) is 2.90. The average Bonchev–Trinajstić information content (AvgIpc) is 2.68. The molecule has 0 aliphatic carbocycles. The highest BCUT2D eigenvalue weighted by atomic mass is 35.5. The lowest BCUT2D eigenvalue weighted by Gasteiger charge is -2.16. The number of phenolic OH excluding ortho intramolecular Hbond substituents is 1. The van der Waals surface area contributed by atoms with Crippen LogP contribution in [0.4, 0.5) is 13.2 Å². The largest absolute Gasteiger partial charge is 0.508 e. The van der Waals surface area contributed by atoms with Gasteiger partial charge in [0.15, 0.2) is 0 Å². The highest BCUT2D eigenvalue weighted by molar-refractivity contribution is 6.31. The van der Waals surface area contributed by atoms with Crippen molar-refractivity contribution in [2.24, 2.45) is 0 Å². The molecule has 2 rings (SSSR count). The smallest absolute Gasteiger partial charge is 0.416 e. The Hall–Kier alpha value is -0.940. The molecular weight excluding hydrogens is 255 g/mol. The first-order valence-electron chi connectivity index (χ1n) is 5.20. The van der Waals surface area contributed by atoms with Gasteiger partial charge in [0.1, 0.15) is 5.75 Å². The molecule has 1 atom stereocenters. The van der Waals surface area contributed by atoms with Crippen LogP contribution in [0.2, 0.25) is 5.02 Å². The third-order valence-corrected chi connectivity index (χ3v) is 3.22. The molecule has 1 fully saturated rings. The summed E-state index contributed by atoms with van der Waals surface area (Å²) in [5.74, 6) is -0.400. The zero-order chi connectivity index (χ0) is 12.6. The SMILES string of the molecule is Oc1cc(C(F)(F)F)cc(Cl)c1C1CCNC1. The van der Waals surface area contributed by atoms with E-state index in [1.165, 1.54) is 0 Å². The Bertz CT molecular complexity index is 404. The maximum absolute atomic E-state index is 12.5. The highest BCUT2D eigenvalue weighted by Gasteiger charge is 2.33. The van der Waals surface area contributed by atoms with Crippen molar-refractivity contribution in [2.75, 3.05) is 13.1 Å². The molecule has 1 unspecified atom stereocenters. The first-order chi connectivity index (χ1) is 7.89. The molecule has 2 nitrogen and oxygen atoms in total. The van der Waals surface area contributed by atoms with E-state index in [0.717, 1.165) is 25.1 Å². The van der Waals surface area contributed by atoms with Crippen LogP contribution < -0.4 is 5.32 Å². The van der Waals surface area contributed by atoms with E-state index in [-0.39, 0.29) is 16.7 Å². The zero-order valence-electron chi connectivity index (χ0n) is 8.81. The lowest BCUT2D eigenvalue weighted by Crippen LogP contribution is -2.10. The Morgan fingerprint density at radius 1 is 1.35 bits per heavy atom. The summed E-state index contributed by atoms with van der Waals surface area (Å²) in [5, 5.41) is 12.7. The van der Waals surface area contributed by atoms with Crippen molar-refractivity contribution in [1.29, 1.82) is 0 Å². The Kier molecular flexibility index (Phi) is 3.23. The minimum Gasteiger partial charge on any atom is -0.508 e. The molecule has 0 bridgehead atoms. The molecule has 1 aromatic carbocycles. The monoisotopic (exact) mass is 265 g/mol. The molecule has 2 N–H and O–H groups in total. The quantitative estimate of drug-likeness (QED) is 0.818. The lowest BCUT2D eigenvalue weighted by atomic mass is 9.96. The minimum atomic E-state index is -4.49. The molecule has 1 saturated heterocycles. The molecule has 1 aromatic rings. The number of alkyl halides is 3. The topological polar surface area (TPSA) is 32.3 Å². The molecule has 1 heterocycles. The molecule has 0 aromatic heterocycles. The van der Waals surface area contributed by atoms with Crippen LogP contribution in [0.15, 0.2) is 12.1 Å². The number of rotatable bonds is 1. The van der Waals surface area contributed by atoms with Gasteiger partial charge in [0, 0.05) is 23.0 Å². The van der Waals surface area contributed by atoms with Crippen molar-refractivity contribution in [2.45, 2.75) is 18.5 Å². The molecular formula is C11H11ClF3NO. The van der Waals surface area contributed by atoms with Crippen LogP contribution in [0.25, 0.3) is 0 Å². The van der Waals surface area contributed by atoms with Gasteiger partial charge < -0.3 is 10.4 Å². The van der Waals surface area contributed by atoms with Crippen LogP contribution >= 0.6 is 11.6 Å². The highest BCUT2D eigenvalue weighted by Crippen LogP contribution is 2.40. The number of aromatic hydroxyl groups is 1. The number of hydrogen-bond acceptors (Lipinski definition) is 2. The van der Waals surface area contributed by atoms with Crippen LogP contribution in [0.5, 0.6) is 5.75 Å². The van der Waals surface area contributed by atoms with E-state index in [9.17, 15) is 18.3 Å². The molecule has 0 amide bonds. The van der Waals surface area contributed by atoms with Crippen molar-refractivity contribution in [3.05, 3.63) is 28.3 Å². The van der Waals surface area contributed by atoms with Crippen molar-refractivity contribution in [3.63, 3.8) is 0 Å². The first-order valence-corrected chi connectivity index (χ1v) is 5.57. The van der Waals surface area contributed by atoms with Gasteiger partial charge in [0.2, 0.25) is 0 Å². The summed E-state index contributed by atoms with van der Waals surface area (Å²) in [6, 6.07) is 1.61. The summed E-state index contributed by atoms with van der Waals surface area (Å²) in [4.78, 5) is 0. The zero-order valence-corrected chi connectivity index (χ0v) is 9.57. The van der Waals surface area contributed by atoms with Crippen LogP contribution in [0.1, 0.15) is 23.5 Å². The second kappa shape index (κ2) is 4.38. The summed E-state index contributed by atoms with van der Waals surface area (Å²) >= 11 is 5.83. The standard InChI is InChI=1S/C11H11ClF3NO/c12-8-3-7(11(13,14)15)4-9(17)10(8)6-1-2-16-5-6/h3-4,6,16-17H,1-2,5H2. The summed E-state index contributed by atoms with van der Waals surface area (Å²) < 4.78 is 37.4. The Balaban J connectivity index is 2.42. The molecule has 94 valence electrons. The van der Waals surface area contributed by atoms with Crippen LogP contribution in [-0.4, -0.2) is 18.2 Å². The number of nitrogens with one attached hydrogen (secondary N) is 1. The Labute approximate surface area is 101 Å². The molecule has 0 spiro atoms. The number of halogens is 4. The summed E-state index contributed by atoms with van der Waals surface area (Å²) in [7, 11) is 0. The van der Waals surface area contributed by atoms with Gasteiger partial charge in [-0.05, 0) is 25.1 Å². The fraction of sp³-hybridized carbons (Fsp3) is 0.455. The normalized spacial score (nSPS) is 20.8. The van der Waals surface area contributed by atoms with Gasteiger partial charge in [-0.2, -0.15) is 13.2 Å². The van der Waals surface area contributed by atoms with E-state index in [4.69, 9.17) is 11.6 Å². The summed E-state index contributed by atoms with van der Waals surface area (Å²) in [5.41, 5.74) is -0.514. The molecule has 1 aliphatic rings. The van der Waals surface area contributed by atoms with E-state index >= 15 is 0 Å². The maximum atomic E-state index is 12.5. The fourth-order valence-corrected chi connectivity index (χ4v) is 2.44. The van der Waals surface area contributed by atoms with Crippen LogP contribution in [0.3, 0.4) is 0 Å². The fourth-order valence-electron chi connectivity index (χ4n) is 2.07. The van der Waals surface area contributed by atoms with Crippen LogP contribution in [-0.2, 0) is 6.18 Å². The van der Waals surface area contributed by atoms with Gasteiger partial charge in [0.25, 0.3) is 0 Å². The lowest BCUT2D eigenvalue weighted by molar-refractivity contribution is -0.137. The summed E-state index contributed by atoms with van der Waals surface area (Å²) in [6.07, 6.45) is -3.73. The van der Waals surface area contributed by atoms with E-state index in [1.807, 2.05) is 0 Å². The third kappa shape index (κ3) is 2.50. The number of hydrogen-bond donors (Lipinski definition) is 2. The predicted molar refractivity (Wildman–Crippen MR) is 58.3 cm³/mol. The first kappa shape index (κ1) is 12.5. The molecule has 17 heavy (non-hydrogen) atoms. The molecule has 6 heteroatoms. The number of phenols is 1. The van der Waals surface area contributed by atoms with E-state index in [0.29, 0.717) is 12.1 Å². The van der Waals surface area contributed by atoms with E-state index in [1.54, 1.807) is 0 Å². The maximum Gasteiger partial charge on any atom is 0.416 e. The number of benzene rings is 1. The van der Waals surface area contributed by atoms with Crippen molar-refractivity contribution in [1.82, 2.24) is 5.32 Å². The van der Waals surface area contributed by atoms with Gasteiger partial charge in [-0.3, -0.25) is 0 Å². The van der Waals surface area contributed by atoms with Gasteiger partial charge in [0.05, 0.1) is 5.56 Å². The van der Waals surface area contributed by atoms with Crippen molar-refractivity contribution < 1.29 is 18.3 Å². The Morgan fingerprint density at radius 3 is 2.53 bits per heavy atom. The molecule has 0 radical (unpaired) electrons. The van der Waals surface area contributed by atoms with Gasteiger partial charge in [-0.25, -0.2) is 0 Å². The molecule has 1 aliphatic heterocycles.